The van der Waals surface area contributed by atoms with Gasteiger partial charge in [0.2, 0.25) is 0 Å². The average molecular weight is 156 g/mol. The molecule has 0 rings (SSSR count). The first kappa shape index (κ1) is 9.88. The van der Waals surface area contributed by atoms with Crippen molar-refractivity contribution >= 4 is 12.1 Å². The maximum absolute atomic E-state index is 10.7. The first-order valence-corrected chi connectivity index (χ1v) is 3.33. The van der Waals surface area contributed by atoms with Crippen LogP contribution in [0.4, 0.5) is 0 Å². The zero-order valence-electron chi connectivity index (χ0n) is 6.96. The van der Waals surface area contributed by atoms with Crippen molar-refractivity contribution in [2.75, 3.05) is 7.11 Å². The number of ether oxygens (including phenoxy) is 1. The van der Waals surface area contributed by atoms with Crippen molar-refractivity contribution in [2.45, 2.75) is 13.8 Å². The van der Waals surface area contributed by atoms with Gasteiger partial charge < -0.3 is 9.53 Å². The molecule has 0 saturated heterocycles. The highest BCUT2D eigenvalue weighted by atomic mass is 16.5. The van der Waals surface area contributed by atoms with E-state index in [4.69, 9.17) is 4.74 Å². The minimum Gasteiger partial charge on any atom is -0.493 e. The number of allylic oxidation sites excluding steroid dienone is 2. The lowest BCUT2D eigenvalue weighted by atomic mass is 10.1. The number of Topliss-reactive ketones (excluding diaryl/α,β-unsaturated/α-hetero) is 1. The quantitative estimate of drug-likeness (QED) is 0.345. The van der Waals surface area contributed by atoms with Crippen LogP contribution >= 0.6 is 0 Å². The second-order valence-corrected chi connectivity index (χ2v) is 2.29. The number of methoxy groups -OCH3 is 1. The Morgan fingerprint density at radius 2 is 2.09 bits per heavy atom. The summed E-state index contributed by atoms with van der Waals surface area (Å²) >= 11 is 0. The summed E-state index contributed by atoms with van der Waals surface area (Å²) in [5.74, 6) is -0.195. The molecule has 1 unspecified atom stereocenters. The van der Waals surface area contributed by atoms with E-state index in [-0.39, 0.29) is 17.5 Å². The fourth-order valence-corrected chi connectivity index (χ4v) is 0.607. The fraction of sp³-hybridized carbons (Fsp3) is 0.500. The average Bonchev–Trinajstić information content (AvgIpc) is 1.99. The second-order valence-electron chi connectivity index (χ2n) is 2.29. The SMILES string of the molecule is CO/C(=C/C(C)C=O)C(C)=O. The molecule has 0 heterocycles. The zero-order chi connectivity index (χ0) is 8.85. The van der Waals surface area contributed by atoms with Crippen molar-refractivity contribution in [3.05, 3.63) is 11.8 Å². The van der Waals surface area contributed by atoms with Gasteiger partial charge in [-0.2, -0.15) is 0 Å². The van der Waals surface area contributed by atoms with Crippen molar-refractivity contribution in [1.82, 2.24) is 0 Å². The van der Waals surface area contributed by atoms with E-state index in [1.165, 1.54) is 20.1 Å². The van der Waals surface area contributed by atoms with Crippen molar-refractivity contribution in [3.63, 3.8) is 0 Å². The Bertz CT molecular complexity index is 182. The number of carbonyl (C=O) groups excluding carboxylic acids is 2. The summed E-state index contributed by atoms with van der Waals surface area (Å²) in [6.45, 7) is 3.09. The van der Waals surface area contributed by atoms with Gasteiger partial charge in [0.05, 0.1) is 7.11 Å². The molecule has 0 bridgehead atoms. The van der Waals surface area contributed by atoms with Crippen LogP contribution in [-0.4, -0.2) is 19.2 Å². The van der Waals surface area contributed by atoms with E-state index in [1.54, 1.807) is 6.92 Å². The molecular formula is C8H12O3. The Morgan fingerprint density at radius 1 is 1.55 bits per heavy atom. The molecule has 62 valence electrons. The summed E-state index contributed by atoms with van der Waals surface area (Å²) in [5.41, 5.74) is 0. The summed E-state index contributed by atoms with van der Waals surface area (Å²) in [6, 6.07) is 0. The molecule has 0 aliphatic carbocycles. The summed E-state index contributed by atoms with van der Waals surface area (Å²) in [4.78, 5) is 20.9. The molecule has 0 aromatic heterocycles. The smallest absolute Gasteiger partial charge is 0.193 e. The van der Waals surface area contributed by atoms with Gasteiger partial charge in [-0.05, 0) is 6.08 Å². The molecule has 11 heavy (non-hydrogen) atoms. The van der Waals surface area contributed by atoms with Crippen LogP contribution < -0.4 is 0 Å². The number of carbonyl (C=O) groups is 2. The van der Waals surface area contributed by atoms with Crippen LogP contribution in [0.1, 0.15) is 13.8 Å². The largest absolute Gasteiger partial charge is 0.493 e. The third kappa shape index (κ3) is 3.55. The van der Waals surface area contributed by atoms with Crippen molar-refractivity contribution in [2.24, 2.45) is 5.92 Å². The Kier molecular flexibility index (Phi) is 4.18. The molecule has 0 aromatic carbocycles. The molecular weight excluding hydrogens is 144 g/mol. The lowest BCUT2D eigenvalue weighted by molar-refractivity contribution is -0.116. The maximum Gasteiger partial charge on any atom is 0.193 e. The van der Waals surface area contributed by atoms with Crippen LogP contribution in [0.3, 0.4) is 0 Å². The van der Waals surface area contributed by atoms with E-state index in [0.29, 0.717) is 0 Å². The lowest BCUT2D eigenvalue weighted by Crippen LogP contribution is -2.02. The Balaban J connectivity index is 4.34. The number of rotatable bonds is 4. The molecule has 3 heteroatoms. The molecule has 0 amide bonds. The van der Waals surface area contributed by atoms with Gasteiger partial charge in [0, 0.05) is 12.8 Å². The minimum absolute atomic E-state index is 0.166. The summed E-state index contributed by atoms with van der Waals surface area (Å²) < 4.78 is 4.74. The maximum atomic E-state index is 10.7. The highest BCUT2D eigenvalue weighted by molar-refractivity contribution is 5.91. The van der Waals surface area contributed by atoms with Gasteiger partial charge in [-0.25, -0.2) is 0 Å². The molecule has 3 nitrogen and oxygen atoms in total. The minimum atomic E-state index is -0.270. The van der Waals surface area contributed by atoms with Gasteiger partial charge in [-0.3, -0.25) is 4.79 Å². The fourth-order valence-electron chi connectivity index (χ4n) is 0.607. The third-order valence-electron chi connectivity index (χ3n) is 1.20. The molecule has 0 aliphatic rings. The highest BCUT2D eigenvalue weighted by Crippen LogP contribution is 2.02. The van der Waals surface area contributed by atoms with Crippen LogP contribution in [0.5, 0.6) is 0 Å². The number of ketones is 1. The predicted octanol–water partition coefficient (Wildman–Crippen LogP) is 0.941. The Labute approximate surface area is 66.0 Å². The summed E-state index contributed by atoms with van der Waals surface area (Å²) in [6.07, 6.45) is 2.25. The molecule has 0 aliphatic heterocycles. The molecule has 0 radical (unpaired) electrons. The van der Waals surface area contributed by atoms with Crippen LogP contribution in [0, 0.1) is 5.92 Å². The van der Waals surface area contributed by atoms with Crippen molar-refractivity contribution in [1.29, 1.82) is 0 Å². The second kappa shape index (κ2) is 4.66. The van der Waals surface area contributed by atoms with Gasteiger partial charge in [0.1, 0.15) is 6.29 Å². The molecule has 0 aromatic rings. The number of hydrogen-bond acceptors (Lipinski definition) is 3. The Morgan fingerprint density at radius 3 is 2.36 bits per heavy atom. The first-order valence-electron chi connectivity index (χ1n) is 3.33. The van der Waals surface area contributed by atoms with Crippen LogP contribution in [0.2, 0.25) is 0 Å². The molecule has 0 saturated carbocycles. The monoisotopic (exact) mass is 156 g/mol. The van der Waals surface area contributed by atoms with Crippen LogP contribution in [-0.2, 0) is 14.3 Å². The van der Waals surface area contributed by atoms with Crippen LogP contribution in [0.25, 0.3) is 0 Å². The van der Waals surface area contributed by atoms with Crippen molar-refractivity contribution in [3.8, 4) is 0 Å². The predicted molar refractivity (Wildman–Crippen MR) is 41.0 cm³/mol. The van der Waals surface area contributed by atoms with E-state index in [2.05, 4.69) is 0 Å². The topological polar surface area (TPSA) is 43.4 Å². The van der Waals surface area contributed by atoms with Gasteiger partial charge in [-0.15, -0.1) is 0 Å². The van der Waals surface area contributed by atoms with Crippen molar-refractivity contribution < 1.29 is 14.3 Å². The van der Waals surface area contributed by atoms with E-state index >= 15 is 0 Å². The van der Waals surface area contributed by atoms with Gasteiger partial charge in [0.15, 0.2) is 11.5 Å². The summed E-state index contributed by atoms with van der Waals surface area (Å²) in [7, 11) is 1.41. The van der Waals surface area contributed by atoms with E-state index < -0.39 is 0 Å². The zero-order valence-corrected chi connectivity index (χ0v) is 6.96. The normalized spacial score (nSPS) is 13.9. The summed E-state index contributed by atoms with van der Waals surface area (Å²) in [5, 5.41) is 0. The number of hydrogen-bond donors (Lipinski definition) is 0. The third-order valence-corrected chi connectivity index (χ3v) is 1.20. The van der Waals surface area contributed by atoms with Gasteiger partial charge in [-0.1, -0.05) is 6.92 Å². The van der Waals surface area contributed by atoms with Crippen LogP contribution in [0.15, 0.2) is 11.8 Å². The first-order chi connectivity index (χ1) is 5.11. The van der Waals surface area contributed by atoms with E-state index in [1.807, 2.05) is 0 Å². The van der Waals surface area contributed by atoms with E-state index in [0.717, 1.165) is 6.29 Å². The molecule has 0 fully saturated rings. The molecule has 0 spiro atoms. The van der Waals surface area contributed by atoms with E-state index in [9.17, 15) is 9.59 Å². The molecule has 0 N–H and O–H groups in total. The van der Waals surface area contributed by atoms with Gasteiger partial charge in [0.25, 0.3) is 0 Å². The highest BCUT2D eigenvalue weighted by Gasteiger charge is 2.04. The lowest BCUT2D eigenvalue weighted by Gasteiger charge is -2.01. The Hall–Kier alpha value is -1.12. The molecule has 1 atom stereocenters. The van der Waals surface area contributed by atoms with Gasteiger partial charge >= 0.3 is 0 Å². The standard InChI is InChI=1S/C8H12O3/c1-6(5-9)4-8(11-3)7(2)10/h4-6H,1-3H3/b8-4+. The number of aldehydes is 1.